The van der Waals surface area contributed by atoms with E-state index in [2.05, 4.69) is 53.2 Å². The van der Waals surface area contributed by atoms with Crippen LogP contribution in [-0.4, -0.2) is 41.0 Å². The summed E-state index contributed by atoms with van der Waals surface area (Å²) in [5, 5.41) is 9.26. The van der Waals surface area contributed by atoms with E-state index in [1.807, 2.05) is 6.07 Å². The van der Waals surface area contributed by atoms with E-state index in [9.17, 15) is 9.59 Å². The van der Waals surface area contributed by atoms with Gasteiger partial charge in [-0.05, 0) is 42.5 Å². The number of carbonyl (C=O) groups is 1. The number of hydrogen-bond acceptors (Lipinski definition) is 5. The number of aromatic nitrogens is 3. The molecule has 2 aromatic carbocycles. The fraction of sp³-hybridized carbons (Fsp3) is 0.370. The molecule has 0 bridgehead atoms. The second-order valence-corrected chi connectivity index (χ2v) is 9.02. The van der Waals surface area contributed by atoms with Crippen molar-refractivity contribution < 1.29 is 14.3 Å². The van der Waals surface area contributed by atoms with Crippen molar-refractivity contribution >= 4 is 27.6 Å². The first-order chi connectivity index (χ1) is 16.9. The summed E-state index contributed by atoms with van der Waals surface area (Å²) in [5.41, 5.74) is 2.01. The van der Waals surface area contributed by atoms with Gasteiger partial charge in [-0.25, -0.2) is 4.68 Å². The van der Waals surface area contributed by atoms with Crippen LogP contribution in [0, 0.1) is 5.92 Å². The summed E-state index contributed by atoms with van der Waals surface area (Å²) in [4.78, 5) is 25.7. The highest BCUT2D eigenvalue weighted by molar-refractivity contribution is 5.89. The van der Waals surface area contributed by atoms with Gasteiger partial charge in [-0.2, -0.15) is 5.10 Å². The van der Waals surface area contributed by atoms with E-state index < -0.39 is 5.56 Å². The third-order valence-electron chi connectivity index (χ3n) is 6.19. The summed E-state index contributed by atoms with van der Waals surface area (Å²) in [7, 11) is 2.99. The number of para-hydroxylation sites is 1. The SMILES string of the molecule is COc1ccc2cnn(CC(=O)NCCc3cn(CCC(C)C)c4ccccc34)c(=O)c2c1OC. The van der Waals surface area contributed by atoms with E-state index in [1.54, 1.807) is 18.3 Å². The van der Waals surface area contributed by atoms with Crippen LogP contribution in [0.1, 0.15) is 25.8 Å². The fourth-order valence-electron chi connectivity index (χ4n) is 4.33. The molecule has 0 saturated carbocycles. The van der Waals surface area contributed by atoms with Crippen LogP contribution in [0.2, 0.25) is 0 Å². The number of aryl methyl sites for hydroxylation is 1. The van der Waals surface area contributed by atoms with Crippen LogP contribution in [0.5, 0.6) is 11.5 Å². The minimum Gasteiger partial charge on any atom is -0.493 e. The summed E-state index contributed by atoms with van der Waals surface area (Å²) in [6.45, 7) is 5.71. The molecule has 2 heterocycles. The van der Waals surface area contributed by atoms with E-state index >= 15 is 0 Å². The van der Waals surface area contributed by atoms with Crippen LogP contribution in [0.4, 0.5) is 0 Å². The third kappa shape index (κ3) is 5.16. The lowest BCUT2D eigenvalue weighted by molar-refractivity contribution is -0.121. The molecule has 1 N–H and O–H groups in total. The Hall–Kier alpha value is -3.81. The Morgan fingerprint density at radius 3 is 2.66 bits per heavy atom. The lowest BCUT2D eigenvalue weighted by atomic mass is 10.1. The number of nitrogens with zero attached hydrogens (tertiary/aromatic N) is 3. The predicted octanol–water partition coefficient (Wildman–Crippen LogP) is 3.77. The first kappa shape index (κ1) is 24.3. The highest BCUT2D eigenvalue weighted by Crippen LogP contribution is 2.32. The Morgan fingerprint density at radius 2 is 1.91 bits per heavy atom. The van der Waals surface area contributed by atoms with Crippen LogP contribution in [0.3, 0.4) is 0 Å². The quantitative estimate of drug-likeness (QED) is 0.376. The van der Waals surface area contributed by atoms with Gasteiger partial charge < -0.3 is 19.4 Å². The van der Waals surface area contributed by atoms with E-state index in [0.29, 0.717) is 41.2 Å². The van der Waals surface area contributed by atoms with Crippen molar-refractivity contribution in [1.82, 2.24) is 19.7 Å². The van der Waals surface area contributed by atoms with Gasteiger partial charge in [-0.1, -0.05) is 32.0 Å². The molecule has 0 saturated heterocycles. The third-order valence-corrected chi connectivity index (χ3v) is 6.19. The number of amides is 1. The number of nitrogens with one attached hydrogen (secondary N) is 1. The number of rotatable bonds is 10. The molecule has 4 aromatic rings. The molecule has 8 nitrogen and oxygen atoms in total. The Bertz CT molecular complexity index is 1400. The Morgan fingerprint density at radius 1 is 1.11 bits per heavy atom. The molecule has 0 aliphatic carbocycles. The predicted molar refractivity (Wildman–Crippen MR) is 137 cm³/mol. The first-order valence-corrected chi connectivity index (χ1v) is 11.9. The van der Waals surface area contributed by atoms with Gasteiger partial charge in [0.25, 0.3) is 5.56 Å². The Balaban J connectivity index is 1.45. The topological polar surface area (TPSA) is 87.4 Å². The lowest BCUT2D eigenvalue weighted by Gasteiger charge is -2.12. The van der Waals surface area contributed by atoms with Gasteiger partial charge in [0.1, 0.15) is 6.54 Å². The van der Waals surface area contributed by atoms with Crippen LogP contribution >= 0.6 is 0 Å². The molecule has 0 spiro atoms. The minimum absolute atomic E-state index is 0.175. The van der Waals surface area contributed by atoms with Gasteiger partial charge in [0, 0.05) is 35.6 Å². The van der Waals surface area contributed by atoms with Crippen LogP contribution in [0.15, 0.2) is 53.6 Å². The Kier molecular flexibility index (Phi) is 7.39. The van der Waals surface area contributed by atoms with Gasteiger partial charge in [0.05, 0.1) is 25.8 Å². The molecule has 0 atom stereocenters. The van der Waals surface area contributed by atoms with Crippen molar-refractivity contribution in [1.29, 1.82) is 0 Å². The molecule has 2 aromatic heterocycles. The summed E-state index contributed by atoms with van der Waals surface area (Å²) >= 11 is 0. The average molecular weight is 477 g/mol. The van der Waals surface area contributed by atoms with Crippen molar-refractivity contribution in [2.24, 2.45) is 5.92 Å². The van der Waals surface area contributed by atoms with Crippen LogP contribution in [-0.2, 0) is 24.3 Å². The fourth-order valence-corrected chi connectivity index (χ4v) is 4.33. The van der Waals surface area contributed by atoms with Gasteiger partial charge >= 0.3 is 0 Å². The number of hydrogen-bond donors (Lipinski definition) is 1. The summed E-state index contributed by atoms with van der Waals surface area (Å²) in [5.74, 6) is 1.14. The smallest absolute Gasteiger partial charge is 0.279 e. The molecular formula is C27H32N4O4. The minimum atomic E-state index is -0.401. The number of methoxy groups -OCH3 is 2. The summed E-state index contributed by atoms with van der Waals surface area (Å²) < 4.78 is 14.2. The molecule has 184 valence electrons. The van der Waals surface area contributed by atoms with Gasteiger partial charge in [-0.15, -0.1) is 0 Å². The van der Waals surface area contributed by atoms with Gasteiger partial charge in [0.15, 0.2) is 11.5 Å². The van der Waals surface area contributed by atoms with Crippen molar-refractivity contribution in [2.45, 2.75) is 39.8 Å². The van der Waals surface area contributed by atoms with Crippen molar-refractivity contribution in [3.8, 4) is 11.5 Å². The molecule has 4 rings (SSSR count). The molecule has 1 amide bonds. The maximum atomic E-state index is 13.0. The summed E-state index contributed by atoms with van der Waals surface area (Å²) in [6, 6.07) is 11.8. The van der Waals surface area contributed by atoms with E-state index in [0.717, 1.165) is 17.6 Å². The van der Waals surface area contributed by atoms with E-state index in [-0.39, 0.29) is 12.5 Å². The molecule has 35 heavy (non-hydrogen) atoms. The van der Waals surface area contributed by atoms with E-state index in [4.69, 9.17) is 9.47 Å². The number of fused-ring (bicyclic) bond motifs is 2. The van der Waals surface area contributed by atoms with E-state index in [1.165, 1.54) is 30.7 Å². The standard InChI is InChI=1S/C27H32N4O4/c1-18(2)12-14-30-16-20(21-7-5-6-8-22(21)30)11-13-28-24(32)17-31-27(33)25-19(15-29-31)9-10-23(34-3)26(25)35-4/h5-10,15-16,18H,11-14,17H2,1-4H3,(H,28,32). The molecular weight excluding hydrogens is 444 g/mol. The molecule has 0 radical (unpaired) electrons. The maximum absolute atomic E-state index is 13.0. The molecule has 0 aliphatic heterocycles. The molecule has 0 unspecified atom stereocenters. The highest BCUT2D eigenvalue weighted by atomic mass is 16.5. The van der Waals surface area contributed by atoms with Crippen molar-refractivity contribution in [2.75, 3.05) is 20.8 Å². The second-order valence-electron chi connectivity index (χ2n) is 9.02. The Labute approximate surface area is 204 Å². The van der Waals surface area contributed by atoms with Gasteiger partial charge in [-0.3, -0.25) is 9.59 Å². The van der Waals surface area contributed by atoms with Crippen LogP contribution in [0.25, 0.3) is 21.7 Å². The first-order valence-electron chi connectivity index (χ1n) is 11.9. The number of benzene rings is 2. The highest BCUT2D eigenvalue weighted by Gasteiger charge is 2.16. The largest absolute Gasteiger partial charge is 0.493 e. The van der Waals surface area contributed by atoms with Gasteiger partial charge in [0.2, 0.25) is 5.91 Å². The van der Waals surface area contributed by atoms with Crippen molar-refractivity contribution in [3.05, 3.63) is 64.7 Å². The summed E-state index contributed by atoms with van der Waals surface area (Å²) in [6.07, 6.45) is 5.55. The van der Waals surface area contributed by atoms with Crippen LogP contribution < -0.4 is 20.3 Å². The number of ether oxygens (including phenoxy) is 2. The number of carbonyl (C=O) groups excluding carboxylic acids is 1. The zero-order valence-corrected chi connectivity index (χ0v) is 20.7. The lowest BCUT2D eigenvalue weighted by Crippen LogP contribution is -2.34. The molecule has 8 heteroatoms. The van der Waals surface area contributed by atoms with Crippen molar-refractivity contribution in [3.63, 3.8) is 0 Å². The molecule has 0 aliphatic rings. The monoisotopic (exact) mass is 476 g/mol. The zero-order valence-electron chi connectivity index (χ0n) is 20.7. The second kappa shape index (κ2) is 10.6. The average Bonchev–Trinajstić information content (AvgIpc) is 3.21. The normalized spacial score (nSPS) is 11.3. The zero-order chi connectivity index (χ0) is 24.9. The maximum Gasteiger partial charge on any atom is 0.279 e. The molecule has 0 fully saturated rings.